The van der Waals surface area contributed by atoms with Gasteiger partial charge in [0.15, 0.2) is 0 Å². The van der Waals surface area contributed by atoms with Crippen molar-refractivity contribution in [3.63, 3.8) is 0 Å². The minimum absolute atomic E-state index is 0.146. The number of allylic oxidation sites excluding steroid dienone is 2. The van der Waals surface area contributed by atoms with Gasteiger partial charge in [0.2, 0.25) is 0 Å². The Hall–Kier alpha value is -6.59. The second kappa shape index (κ2) is 11.5. The lowest BCUT2D eigenvalue weighted by molar-refractivity contribution is 0.546. The molecule has 0 radical (unpaired) electrons. The monoisotopic (exact) mass is 725 g/mol. The minimum atomic E-state index is -0.311. The number of aliphatic imine (C=N–C) groups is 1. The van der Waals surface area contributed by atoms with Gasteiger partial charge in [-0.1, -0.05) is 98.8 Å². The first kappa shape index (κ1) is 31.7. The fourth-order valence-electron chi connectivity index (χ4n) is 9.95. The zero-order chi connectivity index (χ0) is 37.3. The average molecular weight is 726 g/mol. The maximum Gasteiger partial charge on any atom is 0.145 e. The maximum atomic E-state index is 7.14. The van der Waals surface area contributed by atoms with Crippen LogP contribution in [0.25, 0.3) is 77.6 Å². The topological polar surface area (TPSA) is 46.8 Å². The third-order valence-corrected chi connectivity index (χ3v) is 12.6. The largest absolute Gasteiger partial charge is 0.460 e. The number of hydrogen-bond donors (Lipinski definition) is 0. The van der Waals surface area contributed by atoms with Gasteiger partial charge < -0.3 is 18.3 Å². The molecule has 1 atom stereocenters. The molecule has 1 aliphatic heterocycles. The Morgan fingerprint density at radius 1 is 0.732 bits per heavy atom. The van der Waals surface area contributed by atoms with Crippen LogP contribution in [0, 0.1) is 0 Å². The minimum Gasteiger partial charge on any atom is -0.460 e. The molecule has 0 amide bonds. The smallest absolute Gasteiger partial charge is 0.145 e. The highest BCUT2D eigenvalue weighted by molar-refractivity contribution is 6.18. The van der Waals surface area contributed by atoms with E-state index < -0.39 is 0 Å². The van der Waals surface area contributed by atoms with Gasteiger partial charge in [0.05, 0.1) is 22.1 Å². The van der Waals surface area contributed by atoms with E-state index in [1.807, 2.05) is 6.21 Å². The van der Waals surface area contributed by atoms with E-state index >= 15 is 0 Å². The van der Waals surface area contributed by atoms with E-state index in [9.17, 15) is 0 Å². The predicted molar refractivity (Wildman–Crippen MR) is 232 cm³/mol. The number of dihydropyridines is 1. The molecule has 4 heterocycles. The summed E-state index contributed by atoms with van der Waals surface area (Å²) >= 11 is 0. The number of hydrogen-bond acceptors (Lipinski definition) is 4. The van der Waals surface area contributed by atoms with Gasteiger partial charge in [-0.2, -0.15) is 0 Å². The van der Waals surface area contributed by atoms with Crippen LogP contribution in [0.15, 0.2) is 147 Å². The van der Waals surface area contributed by atoms with Gasteiger partial charge in [-0.05, 0) is 78.6 Å². The van der Waals surface area contributed by atoms with Crippen LogP contribution in [0.1, 0.15) is 56.1 Å². The zero-order valence-corrected chi connectivity index (χ0v) is 31.6. The number of aromatic nitrogens is 1. The lowest BCUT2D eigenvalue weighted by atomic mass is 9.81. The Labute approximate surface area is 324 Å². The summed E-state index contributed by atoms with van der Waals surface area (Å²) in [6.07, 6.45) is 11.4. The summed E-state index contributed by atoms with van der Waals surface area (Å²) in [6.45, 7) is 6.84. The first-order valence-corrected chi connectivity index (χ1v) is 19.8. The van der Waals surface area contributed by atoms with Gasteiger partial charge in [0.1, 0.15) is 28.7 Å². The van der Waals surface area contributed by atoms with Gasteiger partial charge in [-0.25, -0.2) is 0 Å². The molecular formula is C51H39N3O2. The first-order chi connectivity index (χ1) is 27.5. The fraction of sp³-hybridized carbons (Fsp3) is 0.157. The molecule has 0 bridgehead atoms. The van der Waals surface area contributed by atoms with Gasteiger partial charge in [-0.15, -0.1) is 0 Å². The summed E-state index contributed by atoms with van der Waals surface area (Å²) in [7, 11) is 0. The van der Waals surface area contributed by atoms with Crippen molar-refractivity contribution in [2.45, 2.75) is 51.6 Å². The molecule has 2 aliphatic carbocycles. The Morgan fingerprint density at radius 3 is 2.38 bits per heavy atom. The van der Waals surface area contributed by atoms with Crippen molar-refractivity contribution in [2.75, 3.05) is 4.90 Å². The van der Waals surface area contributed by atoms with Crippen molar-refractivity contribution in [1.82, 2.24) is 4.57 Å². The molecule has 3 aliphatic rings. The number of rotatable bonds is 4. The number of benzene rings is 6. The van der Waals surface area contributed by atoms with E-state index in [-0.39, 0.29) is 11.6 Å². The van der Waals surface area contributed by atoms with Crippen molar-refractivity contribution in [3.05, 3.63) is 155 Å². The van der Waals surface area contributed by atoms with Crippen LogP contribution in [0.4, 0.5) is 11.4 Å². The van der Waals surface area contributed by atoms with Gasteiger partial charge in [0.25, 0.3) is 0 Å². The zero-order valence-electron chi connectivity index (χ0n) is 31.6. The third-order valence-electron chi connectivity index (χ3n) is 12.6. The summed E-state index contributed by atoms with van der Waals surface area (Å²) in [5, 5.41) is 5.86. The molecule has 12 rings (SSSR count). The van der Waals surface area contributed by atoms with E-state index in [1.54, 1.807) is 0 Å². The van der Waals surface area contributed by atoms with Crippen LogP contribution >= 0.6 is 0 Å². The van der Waals surface area contributed by atoms with E-state index in [0.29, 0.717) is 0 Å². The molecular weight excluding hydrogens is 687 g/mol. The van der Waals surface area contributed by atoms with E-state index in [1.165, 1.54) is 44.1 Å². The van der Waals surface area contributed by atoms with E-state index in [4.69, 9.17) is 13.8 Å². The summed E-state index contributed by atoms with van der Waals surface area (Å²) in [5.74, 6) is 1.05. The molecule has 5 heteroatoms. The molecule has 0 spiro atoms. The Balaban J connectivity index is 1.17. The van der Waals surface area contributed by atoms with Crippen molar-refractivity contribution in [3.8, 4) is 16.8 Å². The quantitative estimate of drug-likeness (QED) is 0.181. The molecule has 6 aromatic carbocycles. The Kier molecular flexibility index (Phi) is 6.50. The first-order valence-electron chi connectivity index (χ1n) is 19.8. The van der Waals surface area contributed by atoms with Crippen LogP contribution in [-0.2, 0) is 11.8 Å². The van der Waals surface area contributed by atoms with Crippen molar-refractivity contribution < 1.29 is 8.83 Å². The van der Waals surface area contributed by atoms with Crippen LogP contribution in [0.2, 0.25) is 0 Å². The van der Waals surface area contributed by atoms with Gasteiger partial charge >= 0.3 is 0 Å². The molecule has 270 valence electrons. The summed E-state index contributed by atoms with van der Waals surface area (Å²) in [4.78, 5) is 7.75. The van der Waals surface area contributed by atoms with Crippen LogP contribution < -0.4 is 4.90 Å². The molecule has 0 saturated carbocycles. The van der Waals surface area contributed by atoms with E-state index in [0.717, 1.165) is 86.1 Å². The third kappa shape index (κ3) is 4.28. The second-order valence-corrected chi connectivity index (χ2v) is 16.2. The Bertz CT molecular complexity index is 3220. The highest BCUT2D eigenvalue weighted by Crippen LogP contribution is 2.58. The molecule has 0 saturated heterocycles. The number of furan rings is 2. The number of nitrogens with zero attached hydrogens (tertiary/aromatic N) is 3. The lowest BCUT2D eigenvalue weighted by Gasteiger charge is -2.34. The molecule has 5 nitrogen and oxygen atoms in total. The van der Waals surface area contributed by atoms with Crippen LogP contribution in [0.5, 0.6) is 0 Å². The highest BCUT2D eigenvalue weighted by atomic mass is 16.3. The van der Waals surface area contributed by atoms with Crippen LogP contribution in [-0.4, -0.2) is 16.9 Å². The molecule has 0 N–H and O–H groups in total. The molecule has 1 unspecified atom stereocenters. The van der Waals surface area contributed by atoms with E-state index in [2.05, 4.69) is 164 Å². The average Bonchev–Trinajstić information content (AvgIpc) is 3.96. The Morgan fingerprint density at radius 2 is 1.52 bits per heavy atom. The summed E-state index contributed by atoms with van der Waals surface area (Å²) < 4.78 is 16.3. The number of fused-ring (bicyclic) bond motifs is 14. The SMILES string of the molecule is CC1=CCC(N(c2ccc3c(c2)c2ccccc2n3-c2ccccc2)c2cc3c(c4oc5c(c24)C=CCC5)-c2c(ccc4c2oc2ccccc24)C3(C)C)N=C1. The number of para-hydroxylation sites is 3. The fourth-order valence-corrected chi connectivity index (χ4v) is 9.95. The molecule has 56 heavy (non-hydrogen) atoms. The lowest BCUT2D eigenvalue weighted by Crippen LogP contribution is -2.31. The summed E-state index contributed by atoms with van der Waals surface area (Å²) in [6, 6.07) is 41.8. The molecule has 9 aromatic rings. The normalized spacial score (nSPS) is 16.9. The molecule has 3 aromatic heterocycles. The van der Waals surface area contributed by atoms with Crippen molar-refractivity contribution >= 4 is 78.4 Å². The van der Waals surface area contributed by atoms with Gasteiger partial charge in [-0.3, -0.25) is 4.99 Å². The maximum absolute atomic E-state index is 7.14. The number of aryl methyl sites for hydroxylation is 1. The predicted octanol–water partition coefficient (Wildman–Crippen LogP) is 13.6. The van der Waals surface area contributed by atoms with Crippen LogP contribution in [0.3, 0.4) is 0 Å². The summed E-state index contributed by atoms with van der Waals surface area (Å²) in [5.41, 5.74) is 15.4. The van der Waals surface area contributed by atoms with Crippen molar-refractivity contribution in [2.24, 2.45) is 4.99 Å². The van der Waals surface area contributed by atoms with Gasteiger partial charge in [0, 0.05) is 74.1 Å². The van der Waals surface area contributed by atoms with Crippen molar-refractivity contribution in [1.29, 1.82) is 0 Å². The standard InChI is InChI=1S/C51H39N3O2/c1-30-21-26-45(52-29-30)54(32-22-25-41-37(27-32)33-15-7-10-18-40(33)53(41)31-13-5-4-6-14-31)42-28-39-48(50-46(42)36-17-9-12-20-44(36)56-50)47-38(51(39,2)3)24-23-35-34-16-8-11-19-43(34)55-49(35)47/h4-11,13-19,21-25,27-29,45H,12,20,26H2,1-3H3. The highest BCUT2D eigenvalue weighted by Gasteiger charge is 2.42. The number of anilines is 2. The second-order valence-electron chi connectivity index (χ2n) is 16.2. The molecule has 0 fully saturated rings.